The van der Waals surface area contributed by atoms with Crippen LogP contribution in [0.5, 0.6) is 11.5 Å². The number of methoxy groups -OCH3 is 1. The molecule has 1 saturated carbocycles. The lowest BCUT2D eigenvalue weighted by molar-refractivity contribution is 0.0690. The molecule has 0 atom stereocenters. The van der Waals surface area contributed by atoms with Crippen LogP contribution in [0.2, 0.25) is 5.02 Å². The number of aromatic amines is 1. The molecular weight excluding hydrogens is 308 g/mol. The molecule has 22 heavy (non-hydrogen) atoms. The number of carboxylic acids is 1. The highest BCUT2D eigenvalue weighted by molar-refractivity contribution is 6.33. The van der Waals surface area contributed by atoms with Gasteiger partial charge in [0.05, 0.1) is 23.9 Å². The molecule has 0 amide bonds. The summed E-state index contributed by atoms with van der Waals surface area (Å²) in [6.07, 6.45) is 3.39. The maximum atomic E-state index is 10.9. The quantitative estimate of drug-likeness (QED) is 0.881. The lowest BCUT2D eigenvalue weighted by Crippen LogP contribution is -2.24. The molecule has 7 heteroatoms. The van der Waals surface area contributed by atoms with Gasteiger partial charge in [-0.15, -0.1) is 0 Å². The predicted molar refractivity (Wildman–Crippen MR) is 80.8 cm³/mol. The second kappa shape index (κ2) is 5.88. The molecule has 0 saturated heterocycles. The van der Waals surface area contributed by atoms with Gasteiger partial charge in [-0.2, -0.15) is 5.10 Å². The van der Waals surface area contributed by atoms with Gasteiger partial charge in [0.1, 0.15) is 5.69 Å². The zero-order valence-electron chi connectivity index (χ0n) is 11.9. The second-order valence-electron chi connectivity index (χ2n) is 5.13. The van der Waals surface area contributed by atoms with Crippen molar-refractivity contribution in [2.24, 2.45) is 0 Å². The smallest absolute Gasteiger partial charge is 0.353 e. The summed E-state index contributed by atoms with van der Waals surface area (Å²) in [6, 6.07) is 4.82. The maximum absolute atomic E-state index is 10.9. The van der Waals surface area contributed by atoms with Gasteiger partial charge in [0, 0.05) is 11.6 Å². The van der Waals surface area contributed by atoms with Gasteiger partial charge >= 0.3 is 5.97 Å². The molecule has 1 aliphatic rings. The minimum Gasteiger partial charge on any atom is -0.493 e. The Morgan fingerprint density at radius 2 is 2.14 bits per heavy atom. The largest absolute Gasteiger partial charge is 0.493 e. The third kappa shape index (κ3) is 2.74. The van der Waals surface area contributed by atoms with Crippen LogP contribution < -0.4 is 9.47 Å². The van der Waals surface area contributed by atoms with Crippen molar-refractivity contribution in [1.29, 1.82) is 0 Å². The van der Waals surface area contributed by atoms with Gasteiger partial charge in [-0.05, 0) is 31.4 Å². The van der Waals surface area contributed by atoms with Crippen LogP contribution in [0, 0.1) is 0 Å². The van der Waals surface area contributed by atoms with E-state index in [0.717, 1.165) is 19.3 Å². The number of nitrogens with zero attached hydrogens (tertiary/aromatic N) is 1. The summed E-state index contributed by atoms with van der Waals surface area (Å²) in [7, 11) is 1.55. The topological polar surface area (TPSA) is 84.4 Å². The Labute approximate surface area is 132 Å². The number of rotatable bonds is 5. The molecule has 1 aromatic heterocycles. The predicted octanol–water partition coefficient (Wildman–Crippen LogP) is 3.37. The molecule has 1 aliphatic carbocycles. The molecule has 0 spiro atoms. The first kappa shape index (κ1) is 14.7. The highest BCUT2D eigenvalue weighted by Gasteiger charge is 2.22. The molecule has 0 aliphatic heterocycles. The summed E-state index contributed by atoms with van der Waals surface area (Å²) in [5, 5.41) is 15.8. The van der Waals surface area contributed by atoms with Gasteiger partial charge in [0.25, 0.3) is 0 Å². The van der Waals surface area contributed by atoms with E-state index >= 15 is 0 Å². The lowest BCUT2D eigenvalue weighted by atomic mass is 9.96. The number of carbonyl (C=O) groups is 1. The van der Waals surface area contributed by atoms with E-state index in [9.17, 15) is 4.79 Å². The van der Waals surface area contributed by atoms with Gasteiger partial charge in [0.15, 0.2) is 11.5 Å². The SMILES string of the molecule is COc1cc(Cl)c(-c2cc(C(=O)O)[nH]n2)cc1OC1CCC1. The molecule has 1 fully saturated rings. The maximum Gasteiger partial charge on any atom is 0.353 e. The number of hydrogen-bond acceptors (Lipinski definition) is 4. The van der Waals surface area contributed by atoms with Gasteiger partial charge in [-0.3, -0.25) is 5.10 Å². The summed E-state index contributed by atoms with van der Waals surface area (Å²) < 4.78 is 11.2. The van der Waals surface area contributed by atoms with Crippen molar-refractivity contribution in [2.45, 2.75) is 25.4 Å². The summed E-state index contributed by atoms with van der Waals surface area (Å²) in [4.78, 5) is 10.9. The van der Waals surface area contributed by atoms with E-state index in [0.29, 0.717) is 27.8 Å². The van der Waals surface area contributed by atoms with Crippen molar-refractivity contribution in [2.75, 3.05) is 7.11 Å². The van der Waals surface area contributed by atoms with E-state index in [1.54, 1.807) is 19.2 Å². The third-order valence-corrected chi connectivity index (χ3v) is 4.00. The number of benzene rings is 1. The summed E-state index contributed by atoms with van der Waals surface area (Å²) in [5.74, 6) is 0.0652. The number of hydrogen-bond donors (Lipinski definition) is 2. The molecule has 1 aromatic carbocycles. The lowest BCUT2D eigenvalue weighted by Gasteiger charge is -2.27. The van der Waals surface area contributed by atoms with Crippen molar-refractivity contribution in [3.63, 3.8) is 0 Å². The van der Waals surface area contributed by atoms with Gasteiger partial charge in [-0.1, -0.05) is 11.6 Å². The standard InChI is InChI=1S/C15H15ClN2O4/c1-21-13-6-10(16)9(5-14(13)22-8-3-2-4-8)11-7-12(15(19)20)18-17-11/h5-8H,2-4H2,1H3,(H,17,18)(H,19,20). The Hall–Kier alpha value is -2.21. The molecule has 3 rings (SSSR count). The zero-order chi connectivity index (χ0) is 15.7. The van der Waals surface area contributed by atoms with E-state index in [-0.39, 0.29) is 11.8 Å². The number of nitrogens with one attached hydrogen (secondary N) is 1. The van der Waals surface area contributed by atoms with E-state index < -0.39 is 5.97 Å². The molecule has 2 N–H and O–H groups in total. The van der Waals surface area contributed by atoms with Crippen molar-refractivity contribution >= 4 is 17.6 Å². The van der Waals surface area contributed by atoms with Gasteiger partial charge < -0.3 is 14.6 Å². The molecule has 0 radical (unpaired) electrons. The fourth-order valence-corrected chi connectivity index (χ4v) is 2.47. The van der Waals surface area contributed by atoms with Gasteiger partial charge in [-0.25, -0.2) is 4.79 Å². The first-order valence-corrected chi connectivity index (χ1v) is 7.29. The number of H-pyrrole nitrogens is 1. The Balaban J connectivity index is 1.98. The minimum absolute atomic E-state index is 0.00310. The van der Waals surface area contributed by atoms with Crippen LogP contribution in [-0.4, -0.2) is 34.5 Å². The molecule has 0 bridgehead atoms. The van der Waals surface area contributed by atoms with Crippen LogP contribution in [0.1, 0.15) is 29.8 Å². The average molecular weight is 323 g/mol. The molecule has 6 nitrogen and oxygen atoms in total. The van der Waals surface area contributed by atoms with Crippen LogP contribution in [-0.2, 0) is 0 Å². The highest BCUT2D eigenvalue weighted by atomic mass is 35.5. The average Bonchev–Trinajstić information content (AvgIpc) is 2.93. The fourth-order valence-electron chi connectivity index (χ4n) is 2.22. The van der Waals surface area contributed by atoms with E-state index in [1.807, 2.05) is 0 Å². The van der Waals surface area contributed by atoms with Crippen molar-refractivity contribution < 1.29 is 19.4 Å². The number of ether oxygens (including phenoxy) is 2. The van der Waals surface area contributed by atoms with Gasteiger partial charge in [0.2, 0.25) is 0 Å². The number of aromatic carboxylic acids is 1. The number of aromatic nitrogens is 2. The van der Waals surface area contributed by atoms with E-state index in [1.165, 1.54) is 6.07 Å². The second-order valence-corrected chi connectivity index (χ2v) is 5.53. The number of carboxylic acid groups (broad SMARTS) is 1. The Morgan fingerprint density at radius 1 is 1.36 bits per heavy atom. The first-order valence-electron chi connectivity index (χ1n) is 6.91. The normalized spacial score (nSPS) is 14.5. The Bertz CT molecular complexity index is 710. The third-order valence-electron chi connectivity index (χ3n) is 3.68. The first-order chi connectivity index (χ1) is 10.6. The molecule has 2 aromatic rings. The molecule has 0 unspecified atom stereocenters. The summed E-state index contributed by atoms with van der Waals surface area (Å²) in [6.45, 7) is 0. The van der Waals surface area contributed by atoms with E-state index in [2.05, 4.69) is 10.2 Å². The summed E-state index contributed by atoms with van der Waals surface area (Å²) in [5.41, 5.74) is 1.05. The Kier molecular flexibility index (Phi) is 3.94. The Morgan fingerprint density at radius 3 is 2.68 bits per heavy atom. The van der Waals surface area contributed by atoms with Crippen LogP contribution >= 0.6 is 11.6 Å². The van der Waals surface area contributed by atoms with Crippen molar-refractivity contribution in [3.8, 4) is 22.8 Å². The highest BCUT2D eigenvalue weighted by Crippen LogP contribution is 2.40. The fraction of sp³-hybridized carbons (Fsp3) is 0.333. The van der Waals surface area contributed by atoms with Crippen LogP contribution in [0.3, 0.4) is 0 Å². The van der Waals surface area contributed by atoms with Crippen LogP contribution in [0.4, 0.5) is 0 Å². The monoisotopic (exact) mass is 322 g/mol. The van der Waals surface area contributed by atoms with Crippen molar-refractivity contribution in [3.05, 3.63) is 28.9 Å². The molecule has 1 heterocycles. The summed E-state index contributed by atoms with van der Waals surface area (Å²) >= 11 is 6.25. The van der Waals surface area contributed by atoms with E-state index in [4.69, 9.17) is 26.2 Å². The molecule has 116 valence electrons. The number of halogens is 1. The zero-order valence-corrected chi connectivity index (χ0v) is 12.7. The van der Waals surface area contributed by atoms with Crippen LogP contribution in [0.25, 0.3) is 11.3 Å². The van der Waals surface area contributed by atoms with Crippen molar-refractivity contribution in [1.82, 2.24) is 10.2 Å². The molecular formula is C15H15ClN2O4. The van der Waals surface area contributed by atoms with Crippen LogP contribution in [0.15, 0.2) is 18.2 Å². The minimum atomic E-state index is -1.07.